The maximum absolute atomic E-state index is 10.5. The van der Waals surface area contributed by atoms with Gasteiger partial charge in [0, 0.05) is 6.61 Å². The van der Waals surface area contributed by atoms with E-state index < -0.39 is 18.2 Å². The summed E-state index contributed by atoms with van der Waals surface area (Å²) in [5, 5.41) is 36.3. The Morgan fingerprint density at radius 3 is 2.44 bits per heavy atom. The third-order valence-corrected chi connectivity index (χ3v) is 2.31. The van der Waals surface area contributed by atoms with Gasteiger partial charge in [-0.25, -0.2) is 4.79 Å². The van der Waals surface area contributed by atoms with Gasteiger partial charge in [0.2, 0.25) is 0 Å². The van der Waals surface area contributed by atoms with Gasteiger partial charge in [-0.1, -0.05) is 24.3 Å². The summed E-state index contributed by atoms with van der Waals surface area (Å²) in [7, 11) is 0. The van der Waals surface area contributed by atoms with Gasteiger partial charge in [0.15, 0.2) is 6.10 Å². The molecular formula is C11H14O5. The van der Waals surface area contributed by atoms with Crippen molar-refractivity contribution in [2.75, 3.05) is 6.61 Å². The highest BCUT2D eigenvalue weighted by atomic mass is 16.4. The Hall–Kier alpha value is -1.43. The molecule has 1 aromatic carbocycles. The van der Waals surface area contributed by atoms with Crippen LogP contribution in [0.2, 0.25) is 0 Å². The van der Waals surface area contributed by atoms with Crippen molar-refractivity contribution in [2.45, 2.75) is 18.6 Å². The molecule has 1 aromatic rings. The van der Waals surface area contributed by atoms with Crippen molar-refractivity contribution >= 4 is 5.97 Å². The lowest BCUT2D eigenvalue weighted by molar-refractivity contribution is -0.153. The SMILES string of the molecule is O=C(O)C(O)C(O)c1ccccc1CCO. The molecule has 0 amide bonds. The molecule has 0 aromatic heterocycles. The van der Waals surface area contributed by atoms with Crippen molar-refractivity contribution in [2.24, 2.45) is 0 Å². The smallest absolute Gasteiger partial charge is 0.335 e. The molecule has 0 aliphatic rings. The molecule has 2 atom stereocenters. The zero-order valence-electron chi connectivity index (χ0n) is 8.58. The summed E-state index contributed by atoms with van der Waals surface area (Å²) in [6.07, 6.45) is -3.04. The van der Waals surface area contributed by atoms with Crippen molar-refractivity contribution in [3.05, 3.63) is 35.4 Å². The predicted octanol–water partition coefficient (Wildman–Crippen LogP) is -0.300. The summed E-state index contributed by atoms with van der Waals surface area (Å²) in [5.74, 6) is -1.48. The lowest BCUT2D eigenvalue weighted by Gasteiger charge is -2.17. The fourth-order valence-corrected chi connectivity index (χ4v) is 1.48. The van der Waals surface area contributed by atoms with Crippen LogP contribution in [-0.4, -0.2) is 39.1 Å². The van der Waals surface area contributed by atoms with E-state index in [0.717, 1.165) is 0 Å². The average molecular weight is 226 g/mol. The Kier molecular flexibility index (Phi) is 4.42. The van der Waals surface area contributed by atoms with Gasteiger partial charge < -0.3 is 20.4 Å². The minimum atomic E-state index is -1.86. The van der Waals surface area contributed by atoms with E-state index >= 15 is 0 Å². The summed E-state index contributed by atoms with van der Waals surface area (Å²) in [5.41, 5.74) is 0.948. The van der Waals surface area contributed by atoms with Gasteiger partial charge in [0.05, 0.1) is 0 Å². The van der Waals surface area contributed by atoms with E-state index in [1.54, 1.807) is 18.2 Å². The molecule has 0 aliphatic carbocycles. The molecule has 4 N–H and O–H groups in total. The average Bonchev–Trinajstić information content (AvgIpc) is 2.28. The number of aliphatic hydroxyl groups is 3. The van der Waals surface area contributed by atoms with Crippen LogP contribution in [0, 0.1) is 0 Å². The Morgan fingerprint density at radius 1 is 1.25 bits per heavy atom. The van der Waals surface area contributed by atoms with E-state index in [0.29, 0.717) is 17.5 Å². The zero-order chi connectivity index (χ0) is 12.1. The predicted molar refractivity (Wildman–Crippen MR) is 55.8 cm³/mol. The van der Waals surface area contributed by atoms with Crippen LogP contribution in [0.1, 0.15) is 17.2 Å². The Bertz CT molecular complexity index is 363. The second-order valence-corrected chi connectivity index (χ2v) is 3.40. The first kappa shape index (κ1) is 12.6. The highest BCUT2D eigenvalue weighted by molar-refractivity contribution is 5.73. The molecule has 1 rings (SSSR count). The number of aliphatic carboxylic acids is 1. The third-order valence-electron chi connectivity index (χ3n) is 2.31. The van der Waals surface area contributed by atoms with Crippen molar-refractivity contribution < 1.29 is 25.2 Å². The van der Waals surface area contributed by atoms with Crippen LogP contribution >= 0.6 is 0 Å². The molecule has 0 saturated heterocycles. The third kappa shape index (κ3) is 2.79. The van der Waals surface area contributed by atoms with Gasteiger partial charge in [0.25, 0.3) is 0 Å². The van der Waals surface area contributed by atoms with Gasteiger partial charge in [-0.05, 0) is 17.5 Å². The molecule has 0 spiro atoms. The van der Waals surface area contributed by atoms with Gasteiger partial charge in [-0.3, -0.25) is 0 Å². The summed E-state index contributed by atoms with van der Waals surface area (Å²) in [6.45, 7) is -0.104. The van der Waals surface area contributed by atoms with E-state index in [2.05, 4.69) is 0 Å². The second kappa shape index (κ2) is 5.60. The van der Waals surface area contributed by atoms with Gasteiger partial charge in [-0.2, -0.15) is 0 Å². The van der Waals surface area contributed by atoms with Gasteiger partial charge in [-0.15, -0.1) is 0 Å². The van der Waals surface area contributed by atoms with Gasteiger partial charge in [0.1, 0.15) is 6.10 Å². The van der Waals surface area contributed by atoms with Crippen LogP contribution in [0.25, 0.3) is 0 Å². The van der Waals surface area contributed by atoms with Crippen molar-refractivity contribution in [3.63, 3.8) is 0 Å². The molecule has 5 nitrogen and oxygen atoms in total. The maximum atomic E-state index is 10.5. The Morgan fingerprint density at radius 2 is 1.88 bits per heavy atom. The van der Waals surface area contributed by atoms with Crippen LogP contribution < -0.4 is 0 Å². The minimum Gasteiger partial charge on any atom is -0.479 e. The van der Waals surface area contributed by atoms with Crippen LogP contribution in [0.15, 0.2) is 24.3 Å². The quantitative estimate of drug-likeness (QED) is 0.552. The molecule has 0 aliphatic heterocycles. The number of hydrogen-bond donors (Lipinski definition) is 4. The Balaban J connectivity index is 2.97. The van der Waals surface area contributed by atoms with Crippen LogP contribution in [0.5, 0.6) is 0 Å². The number of carboxylic acids is 1. The van der Waals surface area contributed by atoms with Crippen molar-refractivity contribution in [3.8, 4) is 0 Å². The fourth-order valence-electron chi connectivity index (χ4n) is 1.48. The van der Waals surface area contributed by atoms with Crippen LogP contribution in [0.4, 0.5) is 0 Å². The van der Waals surface area contributed by atoms with E-state index in [1.165, 1.54) is 6.07 Å². The highest BCUT2D eigenvalue weighted by Gasteiger charge is 2.26. The standard InChI is InChI=1S/C11H14O5/c12-6-5-7-3-1-2-4-8(7)9(13)10(14)11(15)16/h1-4,9-10,12-14H,5-6H2,(H,15,16). The van der Waals surface area contributed by atoms with Crippen molar-refractivity contribution in [1.29, 1.82) is 0 Å². The first-order chi connectivity index (χ1) is 7.57. The van der Waals surface area contributed by atoms with Crippen molar-refractivity contribution in [1.82, 2.24) is 0 Å². The summed E-state index contributed by atoms with van der Waals surface area (Å²) >= 11 is 0. The summed E-state index contributed by atoms with van der Waals surface area (Å²) in [4.78, 5) is 10.5. The second-order valence-electron chi connectivity index (χ2n) is 3.40. The normalized spacial score (nSPS) is 14.4. The number of benzene rings is 1. The fraction of sp³-hybridized carbons (Fsp3) is 0.364. The van der Waals surface area contributed by atoms with E-state index in [-0.39, 0.29) is 6.61 Å². The first-order valence-electron chi connectivity index (χ1n) is 4.85. The number of carbonyl (C=O) groups is 1. The number of rotatable bonds is 5. The van der Waals surface area contributed by atoms with E-state index in [9.17, 15) is 15.0 Å². The van der Waals surface area contributed by atoms with Gasteiger partial charge >= 0.3 is 5.97 Å². The largest absolute Gasteiger partial charge is 0.479 e. The molecule has 2 unspecified atom stereocenters. The molecular weight excluding hydrogens is 212 g/mol. The number of carboxylic acid groups (broad SMARTS) is 1. The summed E-state index contributed by atoms with van der Waals surface area (Å²) < 4.78 is 0. The highest BCUT2D eigenvalue weighted by Crippen LogP contribution is 2.21. The number of hydrogen-bond acceptors (Lipinski definition) is 4. The Labute approximate surface area is 92.6 Å². The van der Waals surface area contributed by atoms with E-state index in [1.807, 2.05) is 0 Å². The molecule has 0 bridgehead atoms. The lowest BCUT2D eigenvalue weighted by Crippen LogP contribution is -2.28. The molecule has 16 heavy (non-hydrogen) atoms. The monoisotopic (exact) mass is 226 g/mol. The summed E-state index contributed by atoms with van der Waals surface area (Å²) in [6, 6.07) is 6.55. The molecule has 0 saturated carbocycles. The molecule has 0 fully saturated rings. The van der Waals surface area contributed by atoms with Crippen LogP contribution in [-0.2, 0) is 11.2 Å². The first-order valence-corrected chi connectivity index (χ1v) is 4.85. The molecule has 88 valence electrons. The lowest BCUT2D eigenvalue weighted by atomic mass is 9.97. The zero-order valence-corrected chi connectivity index (χ0v) is 8.58. The number of aliphatic hydroxyl groups excluding tert-OH is 3. The molecule has 5 heteroatoms. The van der Waals surface area contributed by atoms with Crippen LogP contribution in [0.3, 0.4) is 0 Å². The molecule has 0 radical (unpaired) electrons. The minimum absolute atomic E-state index is 0.104. The molecule has 0 heterocycles. The van der Waals surface area contributed by atoms with E-state index in [4.69, 9.17) is 10.2 Å². The topological polar surface area (TPSA) is 98.0 Å². The maximum Gasteiger partial charge on any atom is 0.335 e.